The van der Waals surface area contributed by atoms with Gasteiger partial charge in [0.2, 0.25) is 0 Å². The van der Waals surface area contributed by atoms with E-state index in [1.165, 1.54) is 16.7 Å². The monoisotopic (exact) mass is 465 g/mol. The van der Waals surface area contributed by atoms with Crippen molar-refractivity contribution in [3.8, 4) is 0 Å². The second-order valence-corrected chi connectivity index (χ2v) is 8.85. The normalized spacial score (nSPS) is 11.3. The van der Waals surface area contributed by atoms with Gasteiger partial charge >= 0.3 is 0 Å². The number of anilines is 1. The Balaban J connectivity index is 0.000000261. The zero-order valence-corrected chi connectivity index (χ0v) is 21.1. The van der Waals surface area contributed by atoms with Crippen LogP contribution >= 0.6 is 0 Å². The molecule has 1 atom stereocenters. The highest BCUT2D eigenvalue weighted by molar-refractivity contribution is 5.95. The topological polar surface area (TPSA) is 68.0 Å². The average Bonchev–Trinajstić information content (AvgIpc) is 2.85. The van der Waals surface area contributed by atoms with Crippen molar-refractivity contribution in [2.24, 2.45) is 5.73 Å². The molecular formula is C31H35N3O. The van der Waals surface area contributed by atoms with Crippen LogP contribution in [0.2, 0.25) is 0 Å². The molecule has 4 heteroatoms. The fourth-order valence-electron chi connectivity index (χ4n) is 4.11. The lowest BCUT2D eigenvalue weighted by atomic mass is 9.94. The minimum absolute atomic E-state index is 0.0871. The fraction of sp³-hybridized carbons (Fsp3) is 0.226. The van der Waals surface area contributed by atoms with E-state index in [0.717, 1.165) is 39.7 Å². The molecule has 3 aromatic carbocycles. The van der Waals surface area contributed by atoms with Crippen molar-refractivity contribution in [2.75, 3.05) is 11.9 Å². The second-order valence-electron chi connectivity index (χ2n) is 8.85. The average molecular weight is 466 g/mol. The first kappa shape index (κ1) is 25.9. The molecule has 0 saturated heterocycles. The van der Waals surface area contributed by atoms with Crippen molar-refractivity contribution in [1.29, 1.82) is 0 Å². The number of carbonyl (C=O) groups excluding carboxylic acids is 1. The molecule has 1 aromatic heterocycles. The molecule has 4 rings (SSSR count). The van der Waals surface area contributed by atoms with Crippen LogP contribution in [-0.4, -0.2) is 17.3 Å². The van der Waals surface area contributed by atoms with Gasteiger partial charge < -0.3 is 11.1 Å². The fourth-order valence-corrected chi connectivity index (χ4v) is 4.11. The summed E-state index contributed by atoms with van der Waals surface area (Å²) in [5.41, 5.74) is 13.6. The number of rotatable bonds is 7. The predicted octanol–water partition coefficient (Wildman–Crippen LogP) is 6.97. The van der Waals surface area contributed by atoms with Gasteiger partial charge in [-0.1, -0.05) is 67.6 Å². The first-order valence-electron chi connectivity index (χ1n) is 12.0. The third-order valence-corrected chi connectivity index (χ3v) is 6.15. The highest BCUT2D eigenvalue weighted by Gasteiger charge is 2.14. The van der Waals surface area contributed by atoms with Gasteiger partial charge in [-0.3, -0.25) is 9.78 Å². The molecule has 0 aliphatic rings. The smallest absolute Gasteiger partial charge is 0.160 e. The largest absolute Gasteiger partial charge is 0.359 e. The molecule has 0 radical (unpaired) electrons. The van der Waals surface area contributed by atoms with Gasteiger partial charge in [-0.25, -0.2) is 0 Å². The first-order chi connectivity index (χ1) is 16.8. The lowest BCUT2D eigenvalue weighted by molar-refractivity contribution is 0.101. The Morgan fingerprint density at radius 3 is 2.37 bits per heavy atom. The Kier molecular flexibility index (Phi) is 8.93. The maximum atomic E-state index is 11.0. The van der Waals surface area contributed by atoms with E-state index in [4.69, 9.17) is 5.73 Å². The van der Waals surface area contributed by atoms with E-state index in [1.54, 1.807) is 13.1 Å². The van der Waals surface area contributed by atoms with Gasteiger partial charge in [0.05, 0.1) is 0 Å². The standard InChI is InChI=1S/C21H23N3.C10H12O/c1-3-16-4-6-17(7-5-16)21(13-22)15(2)24-20-9-8-19-14-23-11-10-18(19)12-20;1-7-4-5-10(9(3)11)8(2)6-7/h4-12,14,21,24H,2-3,13,22H2,1H3;4-6H,1-3H3/t21-;/m1./s1. The van der Waals surface area contributed by atoms with Crippen LogP contribution in [0.3, 0.4) is 0 Å². The summed E-state index contributed by atoms with van der Waals surface area (Å²) in [5, 5.41) is 5.69. The molecule has 4 nitrogen and oxygen atoms in total. The highest BCUT2D eigenvalue weighted by atomic mass is 16.1. The molecule has 1 heterocycles. The van der Waals surface area contributed by atoms with Crippen LogP contribution in [-0.2, 0) is 6.42 Å². The van der Waals surface area contributed by atoms with Gasteiger partial charge in [0.25, 0.3) is 0 Å². The van der Waals surface area contributed by atoms with Gasteiger partial charge in [-0.15, -0.1) is 0 Å². The third-order valence-electron chi connectivity index (χ3n) is 6.15. The van der Waals surface area contributed by atoms with Crippen molar-refractivity contribution >= 4 is 22.2 Å². The van der Waals surface area contributed by atoms with E-state index in [0.29, 0.717) is 6.54 Å². The minimum atomic E-state index is 0.0871. The number of pyridine rings is 1. The van der Waals surface area contributed by atoms with Crippen LogP contribution in [0.1, 0.15) is 52.4 Å². The van der Waals surface area contributed by atoms with Crippen LogP contribution in [0.4, 0.5) is 5.69 Å². The molecule has 0 bridgehead atoms. The Morgan fingerprint density at radius 2 is 1.74 bits per heavy atom. The molecular weight excluding hydrogens is 430 g/mol. The number of hydrogen-bond donors (Lipinski definition) is 2. The Bertz CT molecular complexity index is 1310. The maximum absolute atomic E-state index is 11.0. The Morgan fingerprint density at radius 1 is 1.00 bits per heavy atom. The van der Waals surface area contributed by atoms with Gasteiger partial charge in [0, 0.05) is 47.2 Å². The zero-order valence-electron chi connectivity index (χ0n) is 21.1. The van der Waals surface area contributed by atoms with Crippen LogP contribution in [0.25, 0.3) is 10.8 Å². The van der Waals surface area contributed by atoms with E-state index < -0.39 is 0 Å². The van der Waals surface area contributed by atoms with Crippen molar-refractivity contribution in [3.63, 3.8) is 0 Å². The highest BCUT2D eigenvalue weighted by Crippen LogP contribution is 2.26. The third kappa shape index (κ3) is 6.87. The maximum Gasteiger partial charge on any atom is 0.160 e. The molecule has 0 fully saturated rings. The number of hydrogen-bond acceptors (Lipinski definition) is 4. The quantitative estimate of drug-likeness (QED) is 0.289. The summed E-state index contributed by atoms with van der Waals surface area (Å²) in [5.74, 6) is 0.228. The van der Waals surface area contributed by atoms with Gasteiger partial charge in [0.1, 0.15) is 0 Å². The summed E-state index contributed by atoms with van der Waals surface area (Å²) in [4.78, 5) is 15.1. The number of fused-ring (bicyclic) bond motifs is 1. The molecule has 0 amide bonds. The number of ketones is 1. The summed E-state index contributed by atoms with van der Waals surface area (Å²) in [6.07, 6.45) is 4.71. The van der Waals surface area contributed by atoms with Crippen molar-refractivity contribution in [3.05, 3.63) is 119 Å². The summed E-state index contributed by atoms with van der Waals surface area (Å²) < 4.78 is 0. The van der Waals surface area contributed by atoms with Crippen LogP contribution in [0.15, 0.2) is 91.4 Å². The van der Waals surface area contributed by atoms with E-state index in [2.05, 4.69) is 60.2 Å². The molecule has 0 aliphatic carbocycles. The van der Waals surface area contributed by atoms with Gasteiger partial charge in [-0.2, -0.15) is 0 Å². The number of aryl methyl sites for hydroxylation is 3. The summed E-state index contributed by atoms with van der Waals surface area (Å²) >= 11 is 0. The van der Waals surface area contributed by atoms with Crippen LogP contribution < -0.4 is 11.1 Å². The van der Waals surface area contributed by atoms with Crippen LogP contribution in [0.5, 0.6) is 0 Å². The minimum Gasteiger partial charge on any atom is -0.359 e. The predicted molar refractivity (Wildman–Crippen MR) is 148 cm³/mol. The molecule has 0 aliphatic heterocycles. The Labute approximate surface area is 208 Å². The SMILES string of the molecule is C=C(Nc1ccc2cnccc2c1)[C@@H](CN)c1ccc(CC)cc1.CC(=O)c1ccc(C)cc1C. The summed E-state index contributed by atoms with van der Waals surface area (Å²) in [6, 6.07) is 22.7. The molecule has 3 N–H and O–H groups in total. The number of nitrogens with two attached hydrogens (primary N) is 1. The van der Waals surface area contributed by atoms with E-state index >= 15 is 0 Å². The summed E-state index contributed by atoms with van der Waals surface area (Å²) in [7, 11) is 0. The lowest BCUT2D eigenvalue weighted by Crippen LogP contribution is -2.18. The van der Waals surface area contributed by atoms with Gasteiger partial charge in [-0.05, 0) is 67.5 Å². The van der Waals surface area contributed by atoms with Crippen LogP contribution in [0, 0.1) is 13.8 Å². The molecule has 4 aromatic rings. The van der Waals surface area contributed by atoms with E-state index in [-0.39, 0.29) is 11.7 Å². The molecule has 0 saturated carbocycles. The number of nitrogens with zero attached hydrogens (tertiary/aromatic N) is 1. The van der Waals surface area contributed by atoms with E-state index in [1.807, 2.05) is 50.4 Å². The number of Topliss-reactive ketones (excluding diaryl/α,β-unsaturated/α-hetero) is 1. The number of benzene rings is 3. The number of carbonyl (C=O) groups is 1. The molecule has 0 spiro atoms. The molecule has 35 heavy (non-hydrogen) atoms. The lowest BCUT2D eigenvalue weighted by Gasteiger charge is -2.20. The number of nitrogens with one attached hydrogen (secondary N) is 1. The Hall–Kier alpha value is -3.76. The van der Waals surface area contributed by atoms with E-state index in [9.17, 15) is 4.79 Å². The summed E-state index contributed by atoms with van der Waals surface area (Å²) in [6.45, 7) is 12.5. The second kappa shape index (κ2) is 12.1. The van der Waals surface area contributed by atoms with Crippen molar-refractivity contribution in [2.45, 2.75) is 40.0 Å². The molecule has 0 unspecified atom stereocenters. The first-order valence-corrected chi connectivity index (χ1v) is 12.0. The number of aromatic nitrogens is 1. The van der Waals surface area contributed by atoms with Crippen molar-refractivity contribution < 1.29 is 4.79 Å². The zero-order chi connectivity index (χ0) is 25.4. The van der Waals surface area contributed by atoms with Crippen molar-refractivity contribution in [1.82, 2.24) is 4.98 Å². The van der Waals surface area contributed by atoms with Gasteiger partial charge in [0.15, 0.2) is 5.78 Å². The molecule has 180 valence electrons.